The van der Waals surface area contributed by atoms with E-state index in [1.165, 1.54) is 13.3 Å². The Morgan fingerprint density at radius 3 is 2.67 bits per heavy atom. The zero-order chi connectivity index (χ0) is 17.3. The molecule has 0 aliphatic rings. The minimum atomic E-state index is -0.498. The second-order valence-corrected chi connectivity index (χ2v) is 5.68. The molecule has 0 fully saturated rings. The molecule has 0 saturated heterocycles. The fourth-order valence-electron chi connectivity index (χ4n) is 2.62. The number of nitrogens with one attached hydrogen (secondary N) is 1. The lowest BCUT2D eigenvalue weighted by atomic mass is 10.1. The molecule has 0 aliphatic carbocycles. The van der Waals surface area contributed by atoms with E-state index in [1.807, 2.05) is 0 Å². The van der Waals surface area contributed by atoms with Gasteiger partial charge in [0.25, 0.3) is 5.91 Å². The van der Waals surface area contributed by atoms with Crippen molar-refractivity contribution in [3.8, 4) is 5.75 Å². The highest BCUT2D eigenvalue weighted by molar-refractivity contribution is 6.35. The molecule has 0 spiro atoms. The molecule has 122 valence electrons. The van der Waals surface area contributed by atoms with Crippen molar-refractivity contribution in [3.05, 3.63) is 69.5 Å². The third kappa shape index (κ3) is 2.74. The van der Waals surface area contributed by atoms with E-state index in [4.69, 9.17) is 16.3 Å². The van der Waals surface area contributed by atoms with E-state index < -0.39 is 5.91 Å². The molecular formula is C18H15ClN2O3. The minimum Gasteiger partial charge on any atom is -0.495 e. The first kappa shape index (κ1) is 16.1. The highest BCUT2D eigenvalue weighted by atomic mass is 35.5. The Morgan fingerprint density at radius 2 is 1.92 bits per heavy atom. The molecule has 3 aromatic rings. The van der Waals surface area contributed by atoms with Crippen molar-refractivity contribution in [2.45, 2.75) is 0 Å². The Bertz CT molecular complexity index is 995. The van der Waals surface area contributed by atoms with Gasteiger partial charge in [0.15, 0.2) is 0 Å². The molecule has 1 amide bonds. The van der Waals surface area contributed by atoms with Gasteiger partial charge < -0.3 is 14.6 Å². The van der Waals surface area contributed by atoms with Gasteiger partial charge in [0.05, 0.1) is 23.3 Å². The minimum absolute atomic E-state index is 0.0400. The summed E-state index contributed by atoms with van der Waals surface area (Å²) in [6.07, 6.45) is 1.49. The maximum atomic E-state index is 12.7. The number of pyridine rings is 1. The van der Waals surface area contributed by atoms with Crippen molar-refractivity contribution < 1.29 is 9.53 Å². The number of hydrogen-bond acceptors (Lipinski definition) is 3. The van der Waals surface area contributed by atoms with Gasteiger partial charge in [0.2, 0.25) is 5.43 Å². The van der Waals surface area contributed by atoms with Crippen LogP contribution in [0.5, 0.6) is 5.75 Å². The van der Waals surface area contributed by atoms with Crippen molar-refractivity contribution in [2.75, 3.05) is 12.4 Å². The van der Waals surface area contributed by atoms with E-state index >= 15 is 0 Å². The van der Waals surface area contributed by atoms with Gasteiger partial charge in [-0.15, -0.1) is 0 Å². The van der Waals surface area contributed by atoms with E-state index in [0.717, 1.165) is 0 Å². The lowest BCUT2D eigenvalue weighted by Gasteiger charge is -2.12. The summed E-state index contributed by atoms with van der Waals surface area (Å²) in [5.74, 6) is 0.0217. The van der Waals surface area contributed by atoms with Gasteiger partial charge in [-0.2, -0.15) is 0 Å². The molecule has 5 nitrogen and oxygen atoms in total. The molecule has 2 aromatic carbocycles. The molecule has 0 atom stereocenters. The summed E-state index contributed by atoms with van der Waals surface area (Å²) >= 11 is 6.16. The molecular weight excluding hydrogens is 328 g/mol. The third-order valence-electron chi connectivity index (χ3n) is 3.75. The van der Waals surface area contributed by atoms with E-state index in [0.29, 0.717) is 27.4 Å². The Labute approximate surface area is 143 Å². The average molecular weight is 343 g/mol. The third-order valence-corrected chi connectivity index (χ3v) is 4.06. The fraction of sp³-hybridized carbons (Fsp3) is 0.111. The molecule has 0 bridgehead atoms. The molecule has 1 aromatic heterocycles. The van der Waals surface area contributed by atoms with Crippen LogP contribution in [-0.2, 0) is 7.05 Å². The van der Waals surface area contributed by atoms with Crippen LogP contribution in [0.2, 0.25) is 5.02 Å². The fourth-order valence-corrected chi connectivity index (χ4v) is 2.93. The number of anilines is 1. The highest BCUT2D eigenvalue weighted by Crippen LogP contribution is 2.24. The van der Waals surface area contributed by atoms with Gasteiger partial charge in [-0.25, -0.2) is 0 Å². The SMILES string of the molecule is COc1ccccc1NC(=O)c1cn(C)c2c(Cl)cccc2c1=O. The number of carbonyl (C=O) groups excluding carboxylic acids is 1. The Morgan fingerprint density at radius 1 is 1.17 bits per heavy atom. The van der Waals surface area contributed by atoms with Gasteiger partial charge in [-0.05, 0) is 24.3 Å². The van der Waals surface area contributed by atoms with Crippen molar-refractivity contribution in [2.24, 2.45) is 7.05 Å². The number of rotatable bonds is 3. The summed E-state index contributed by atoms with van der Waals surface area (Å²) < 4.78 is 6.88. The standard InChI is InChI=1S/C18H15ClN2O3/c1-21-10-12(17(22)11-6-5-7-13(19)16(11)21)18(23)20-14-8-3-4-9-15(14)24-2/h3-10H,1-2H3,(H,20,23). The van der Waals surface area contributed by atoms with Crippen LogP contribution in [0.4, 0.5) is 5.69 Å². The molecule has 24 heavy (non-hydrogen) atoms. The van der Waals surface area contributed by atoms with Crippen molar-refractivity contribution >= 4 is 34.1 Å². The Balaban J connectivity index is 2.08. The largest absolute Gasteiger partial charge is 0.495 e. The predicted octanol–water partition coefficient (Wildman–Crippen LogP) is 3.45. The molecule has 0 saturated carbocycles. The zero-order valence-electron chi connectivity index (χ0n) is 13.2. The zero-order valence-corrected chi connectivity index (χ0v) is 13.9. The first-order valence-corrected chi connectivity index (χ1v) is 7.63. The first-order chi connectivity index (χ1) is 11.5. The number of fused-ring (bicyclic) bond motifs is 1. The van der Waals surface area contributed by atoms with E-state index in [9.17, 15) is 9.59 Å². The van der Waals surface area contributed by atoms with Gasteiger partial charge in [-0.1, -0.05) is 29.8 Å². The Hall–Kier alpha value is -2.79. The predicted molar refractivity (Wildman–Crippen MR) is 95.1 cm³/mol. The number of aryl methyl sites for hydroxylation is 1. The summed E-state index contributed by atoms with van der Waals surface area (Å²) in [6, 6.07) is 12.1. The lowest BCUT2D eigenvalue weighted by molar-refractivity contribution is 0.102. The van der Waals surface area contributed by atoms with Crippen molar-refractivity contribution in [1.29, 1.82) is 0 Å². The summed E-state index contributed by atoms with van der Waals surface area (Å²) in [7, 11) is 3.26. The van der Waals surface area contributed by atoms with Gasteiger partial charge in [0.1, 0.15) is 11.3 Å². The van der Waals surface area contributed by atoms with Crippen LogP contribution in [0.25, 0.3) is 10.9 Å². The number of carbonyl (C=O) groups is 1. The van der Waals surface area contributed by atoms with E-state index in [2.05, 4.69) is 5.32 Å². The van der Waals surface area contributed by atoms with Gasteiger partial charge >= 0.3 is 0 Å². The number of para-hydroxylation sites is 3. The second-order valence-electron chi connectivity index (χ2n) is 5.27. The monoisotopic (exact) mass is 342 g/mol. The van der Waals surface area contributed by atoms with Crippen LogP contribution >= 0.6 is 11.6 Å². The van der Waals surface area contributed by atoms with Crippen LogP contribution in [0.3, 0.4) is 0 Å². The molecule has 3 rings (SSSR count). The lowest BCUT2D eigenvalue weighted by Crippen LogP contribution is -2.23. The second kappa shape index (κ2) is 6.37. The first-order valence-electron chi connectivity index (χ1n) is 7.25. The van der Waals surface area contributed by atoms with Crippen LogP contribution in [0, 0.1) is 0 Å². The van der Waals surface area contributed by atoms with E-state index in [1.54, 1.807) is 54.1 Å². The Kier molecular flexibility index (Phi) is 4.27. The number of amides is 1. The number of aromatic nitrogens is 1. The maximum Gasteiger partial charge on any atom is 0.261 e. The molecule has 0 unspecified atom stereocenters. The smallest absolute Gasteiger partial charge is 0.261 e. The van der Waals surface area contributed by atoms with Crippen LogP contribution in [0.1, 0.15) is 10.4 Å². The molecule has 0 aliphatic heterocycles. The van der Waals surface area contributed by atoms with Crippen LogP contribution in [0.15, 0.2) is 53.5 Å². The van der Waals surface area contributed by atoms with E-state index in [-0.39, 0.29) is 11.0 Å². The van der Waals surface area contributed by atoms with Gasteiger partial charge in [0, 0.05) is 18.6 Å². The number of methoxy groups -OCH3 is 1. The number of nitrogens with zero attached hydrogens (tertiary/aromatic N) is 1. The highest BCUT2D eigenvalue weighted by Gasteiger charge is 2.17. The molecule has 1 heterocycles. The number of hydrogen-bond donors (Lipinski definition) is 1. The molecule has 0 radical (unpaired) electrons. The van der Waals surface area contributed by atoms with Crippen molar-refractivity contribution in [3.63, 3.8) is 0 Å². The maximum absolute atomic E-state index is 12.7. The normalized spacial score (nSPS) is 10.6. The average Bonchev–Trinajstić information content (AvgIpc) is 2.58. The summed E-state index contributed by atoms with van der Waals surface area (Å²) in [4.78, 5) is 25.2. The summed E-state index contributed by atoms with van der Waals surface area (Å²) in [5, 5.41) is 3.58. The number of benzene rings is 2. The van der Waals surface area contributed by atoms with Crippen LogP contribution in [-0.4, -0.2) is 17.6 Å². The molecule has 1 N–H and O–H groups in total. The number of halogens is 1. The quantitative estimate of drug-likeness (QED) is 0.793. The summed E-state index contributed by atoms with van der Waals surface area (Å²) in [5.41, 5.74) is 0.771. The topological polar surface area (TPSA) is 60.3 Å². The summed E-state index contributed by atoms with van der Waals surface area (Å²) in [6.45, 7) is 0. The van der Waals surface area contributed by atoms with Gasteiger partial charge in [-0.3, -0.25) is 9.59 Å². The number of ether oxygens (including phenoxy) is 1. The molecule has 6 heteroatoms. The van der Waals surface area contributed by atoms with Crippen molar-refractivity contribution in [1.82, 2.24) is 4.57 Å². The van der Waals surface area contributed by atoms with Crippen LogP contribution < -0.4 is 15.5 Å².